The first-order valence-electron chi connectivity index (χ1n) is 8.05. The van der Waals surface area contributed by atoms with Crippen LogP contribution in [0, 0.1) is 5.21 Å². The average Bonchev–Trinajstić information content (AvgIpc) is 2.45. The second-order valence-electron chi connectivity index (χ2n) is 7.51. The lowest BCUT2D eigenvalue weighted by Crippen LogP contribution is -2.30. The van der Waals surface area contributed by atoms with Gasteiger partial charge in [-0.3, -0.25) is 0 Å². The summed E-state index contributed by atoms with van der Waals surface area (Å²) in [6, 6.07) is 3.88. The van der Waals surface area contributed by atoms with E-state index in [9.17, 15) is 22.0 Å². The summed E-state index contributed by atoms with van der Waals surface area (Å²) in [7, 11) is -7.40. The summed E-state index contributed by atoms with van der Waals surface area (Å²) < 4.78 is 50.9. The molecule has 0 amide bonds. The van der Waals surface area contributed by atoms with E-state index >= 15 is 0 Å². The van der Waals surface area contributed by atoms with Gasteiger partial charge in [0.05, 0.1) is 25.9 Å². The minimum absolute atomic E-state index is 0.0629. The molecule has 1 aromatic carbocycles. The van der Waals surface area contributed by atoms with Gasteiger partial charge in [-0.05, 0) is 45.9 Å². The Morgan fingerprint density at radius 2 is 1.44 bits per heavy atom. The lowest BCUT2D eigenvalue weighted by atomic mass is 10.1. The van der Waals surface area contributed by atoms with Gasteiger partial charge in [-0.2, -0.15) is 0 Å². The minimum Gasteiger partial charge on any atom is -0.623 e. The molecule has 0 aliphatic heterocycles. The van der Waals surface area contributed by atoms with Crippen molar-refractivity contribution in [3.8, 4) is 0 Å². The van der Waals surface area contributed by atoms with Gasteiger partial charge in [-0.25, -0.2) is 21.6 Å². The van der Waals surface area contributed by atoms with E-state index in [1.807, 2.05) is 0 Å². The molecule has 0 spiro atoms. The number of sulfone groups is 2. The summed E-state index contributed by atoms with van der Waals surface area (Å²) in [5.74, 6) is 0. The zero-order chi connectivity index (χ0) is 19.8. The molecule has 0 saturated carbocycles. The second-order valence-corrected chi connectivity index (χ2v) is 12.5. The van der Waals surface area contributed by atoms with Crippen molar-refractivity contribution in [2.45, 2.75) is 74.3 Å². The monoisotopic (exact) mass is 389 g/mol. The van der Waals surface area contributed by atoms with Crippen LogP contribution in [-0.2, 0) is 19.7 Å². The van der Waals surface area contributed by atoms with E-state index in [4.69, 9.17) is 0 Å². The second kappa shape index (κ2) is 7.07. The van der Waals surface area contributed by atoms with Crippen molar-refractivity contribution in [3.63, 3.8) is 0 Å². The Labute approximate surface area is 151 Å². The first-order chi connectivity index (χ1) is 11.1. The van der Waals surface area contributed by atoms with Gasteiger partial charge in [0.1, 0.15) is 0 Å². The molecule has 0 aliphatic carbocycles. The lowest BCUT2D eigenvalue weighted by Gasteiger charge is -2.20. The van der Waals surface area contributed by atoms with Crippen LogP contribution in [0.15, 0.2) is 28.0 Å². The highest BCUT2D eigenvalue weighted by Crippen LogP contribution is 2.26. The van der Waals surface area contributed by atoms with Crippen LogP contribution in [0.2, 0.25) is 0 Å². The van der Waals surface area contributed by atoms with Crippen molar-refractivity contribution >= 4 is 25.9 Å². The number of hydrogen-bond donors (Lipinski definition) is 0. The first-order valence-corrected chi connectivity index (χ1v) is 11.1. The first kappa shape index (κ1) is 21.6. The van der Waals surface area contributed by atoms with Crippen LogP contribution in [0.3, 0.4) is 0 Å². The lowest BCUT2D eigenvalue weighted by molar-refractivity contribution is -0.530. The predicted molar refractivity (Wildman–Crippen MR) is 99.6 cm³/mol. The maximum absolute atomic E-state index is 12.7. The average molecular weight is 390 g/mol. The molecular formula is C17H27NO5S2. The zero-order valence-corrected chi connectivity index (χ0v) is 17.4. The van der Waals surface area contributed by atoms with Crippen molar-refractivity contribution in [1.82, 2.24) is 0 Å². The molecule has 0 heterocycles. The molecule has 0 aromatic heterocycles. The number of benzene rings is 1. The fourth-order valence-electron chi connectivity index (χ4n) is 1.89. The molecule has 6 nitrogen and oxygen atoms in total. The van der Waals surface area contributed by atoms with E-state index in [2.05, 4.69) is 0 Å². The maximum Gasteiger partial charge on any atom is 0.183 e. The van der Waals surface area contributed by atoms with Crippen LogP contribution in [0.1, 0.15) is 54.0 Å². The van der Waals surface area contributed by atoms with Crippen LogP contribution >= 0.6 is 0 Å². The van der Waals surface area contributed by atoms with Gasteiger partial charge in [-0.1, -0.05) is 0 Å². The molecular weight excluding hydrogens is 362 g/mol. The van der Waals surface area contributed by atoms with Crippen LogP contribution in [0.4, 0.5) is 0 Å². The summed E-state index contributed by atoms with van der Waals surface area (Å²) in [6.45, 7) is 11.2. The molecule has 1 rings (SSSR count). The Morgan fingerprint density at radius 3 is 1.84 bits per heavy atom. The fraction of sp³-hybridized carbons (Fsp3) is 0.588. The van der Waals surface area contributed by atoms with Crippen LogP contribution < -0.4 is 0 Å². The summed E-state index contributed by atoms with van der Waals surface area (Å²) in [6.07, 6.45) is 1.20. The van der Waals surface area contributed by atoms with Gasteiger partial charge in [0, 0.05) is 20.8 Å². The summed E-state index contributed by atoms with van der Waals surface area (Å²) in [5, 5.41) is 10.8. The predicted octanol–water partition coefficient (Wildman–Crippen LogP) is 2.78. The van der Waals surface area contributed by atoms with Gasteiger partial charge in [0.25, 0.3) is 0 Å². The molecule has 0 aliphatic rings. The highest BCUT2D eigenvalue weighted by atomic mass is 32.2. The van der Waals surface area contributed by atoms with E-state index in [1.54, 1.807) is 20.8 Å². The SMILES string of the molecule is CC(C)S(=O)(=O)c1ccc(C=[N+]([O-])C(C)(C)C)c(S(=O)(=O)C(C)C)c1. The van der Waals surface area contributed by atoms with Gasteiger partial charge in [-0.15, -0.1) is 0 Å². The Balaban J connectivity index is 3.78. The molecule has 142 valence electrons. The molecule has 8 heteroatoms. The van der Waals surface area contributed by atoms with E-state index in [0.717, 1.165) is 6.07 Å². The van der Waals surface area contributed by atoms with Crippen molar-refractivity contribution < 1.29 is 21.6 Å². The van der Waals surface area contributed by atoms with Crippen LogP contribution in [0.5, 0.6) is 0 Å². The maximum atomic E-state index is 12.7. The van der Waals surface area contributed by atoms with Gasteiger partial charge in [0.2, 0.25) is 0 Å². The Hall–Kier alpha value is -1.41. The molecule has 0 bridgehead atoms. The number of hydroxylamine groups is 1. The van der Waals surface area contributed by atoms with Crippen molar-refractivity contribution in [3.05, 3.63) is 29.0 Å². The Kier molecular flexibility index (Phi) is 6.12. The molecule has 0 atom stereocenters. The van der Waals surface area contributed by atoms with Gasteiger partial charge >= 0.3 is 0 Å². The number of rotatable bonds is 5. The zero-order valence-electron chi connectivity index (χ0n) is 15.8. The number of nitrogens with zero attached hydrogens (tertiary/aromatic N) is 1. The topological polar surface area (TPSA) is 94.3 Å². The third-order valence-corrected chi connectivity index (χ3v) is 8.14. The summed E-state index contributed by atoms with van der Waals surface area (Å²) in [5.41, 5.74) is -0.567. The highest BCUT2D eigenvalue weighted by molar-refractivity contribution is 7.92. The molecule has 0 radical (unpaired) electrons. The van der Waals surface area contributed by atoms with Gasteiger partial charge in [0.15, 0.2) is 31.4 Å². The van der Waals surface area contributed by atoms with E-state index < -0.39 is 35.7 Å². The quantitative estimate of drug-likeness (QED) is 0.334. The Bertz CT molecular complexity index is 874. The van der Waals surface area contributed by atoms with Crippen molar-refractivity contribution in [1.29, 1.82) is 0 Å². The molecule has 0 saturated heterocycles. The molecule has 1 aromatic rings. The minimum atomic E-state index is -3.77. The fourth-order valence-corrected chi connectivity index (χ4v) is 4.30. The standard InChI is InChI=1S/C17H27NO5S2/c1-12(2)24(20,21)15-9-8-14(11-18(19)17(5,6)7)16(10-15)25(22,23)13(3)4/h8-13H,1-7H3. The normalized spacial score (nSPS) is 14.4. The number of hydrogen-bond acceptors (Lipinski definition) is 5. The molecule has 0 N–H and O–H groups in total. The highest BCUT2D eigenvalue weighted by Gasteiger charge is 2.28. The largest absolute Gasteiger partial charge is 0.623 e. The summed E-state index contributed by atoms with van der Waals surface area (Å²) in [4.78, 5) is -0.207. The van der Waals surface area contributed by atoms with Crippen molar-refractivity contribution in [2.75, 3.05) is 0 Å². The van der Waals surface area contributed by atoms with E-state index in [1.165, 1.54) is 46.0 Å². The van der Waals surface area contributed by atoms with E-state index in [0.29, 0.717) is 4.74 Å². The van der Waals surface area contributed by atoms with Gasteiger partial charge < -0.3 is 5.21 Å². The smallest absolute Gasteiger partial charge is 0.183 e. The van der Waals surface area contributed by atoms with Crippen LogP contribution in [0.25, 0.3) is 0 Å². The third-order valence-electron chi connectivity index (χ3n) is 3.78. The summed E-state index contributed by atoms with van der Waals surface area (Å²) >= 11 is 0. The van der Waals surface area contributed by atoms with Crippen molar-refractivity contribution in [2.24, 2.45) is 0 Å². The molecule has 0 unspecified atom stereocenters. The third kappa shape index (κ3) is 4.61. The van der Waals surface area contributed by atoms with E-state index in [-0.39, 0.29) is 15.4 Å². The Morgan fingerprint density at radius 1 is 0.960 bits per heavy atom. The molecule has 0 fully saturated rings. The molecule has 25 heavy (non-hydrogen) atoms. The van der Waals surface area contributed by atoms with Crippen LogP contribution in [-0.4, -0.2) is 43.8 Å².